The van der Waals surface area contributed by atoms with Crippen LogP contribution >= 0.6 is 0 Å². The Morgan fingerprint density at radius 1 is 1.08 bits per heavy atom. The molecule has 0 bridgehead atoms. The Balaban J connectivity index is 1.49. The number of halogens is 3. The van der Waals surface area contributed by atoms with Gasteiger partial charge in [-0.15, -0.1) is 0 Å². The molecule has 1 heterocycles. The van der Waals surface area contributed by atoms with Crippen molar-refractivity contribution in [3.05, 3.63) is 69.8 Å². The SMILES string of the molecule is BC(B)(O/N=C(\C)c1ccc(CN2CC(C(=O)O)C2)c(CC)c1)c1ccc(C2CCCCC2)c(C(F)(F)F)c1. The highest BCUT2D eigenvalue weighted by molar-refractivity contribution is 6.38. The lowest BCUT2D eigenvalue weighted by Crippen LogP contribution is -2.49. The Hall–Kier alpha value is -2.74. The molecule has 0 spiro atoms. The third kappa shape index (κ3) is 6.89. The zero-order valence-electron chi connectivity index (χ0n) is 23.3. The van der Waals surface area contributed by atoms with E-state index >= 15 is 0 Å². The highest BCUT2D eigenvalue weighted by Crippen LogP contribution is 2.42. The average Bonchev–Trinajstić information content (AvgIpc) is 2.88. The molecule has 208 valence electrons. The largest absolute Gasteiger partial charge is 0.481 e. The molecule has 0 amide bonds. The predicted molar refractivity (Wildman–Crippen MR) is 152 cm³/mol. The number of hydrogen-bond acceptors (Lipinski definition) is 4. The van der Waals surface area contributed by atoms with Crippen LogP contribution in [0.25, 0.3) is 0 Å². The number of oxime groups is 1. The van der Waals surface area contributed by atoms with E-state index in [0.717, 1.165) is 55.2 Å². The summed E-state index contributed by atoms with van der Waals surface area (Å²) in [5, 5.41) is 12.4. The molecule has 2 aromatic carbocycles. The Labute approximate surface area is 230 Å². The second-order valence-electron chi connectivity index (χ2n) is 11.5. The summed E-state index contributed by atoms with van der Waals surface area (Å²) in [6, 6.07) is 10.7. The van der Waals surface area contributed by atoms with Gasteiger partial charge in [-0.05, 0) is 72.1 Å². The molecule has 1 saturated heterocycles. The van der Waals surface area contributed by atoms with E-state index in [9.17, 15) is 18.0 Å². The molecule has 5 nitrogen and oxygen atoms in total. The van der Waals surface area contributed by atoms with Crippen molar-refractivity contribution < 1.29 is 27.9 Å². The predicted octanol–water partition coefficient (Wildman–Crippen LogP) is 4.65. The molecule has 2 fully saturated rings. The molecule has 2 aliphatic rings. The molecular weight excluding hydrogens is 503 g/mol. The Bertz CT molecular complexity index is 1220. The van der Waals surface area contributed by atoms with E-state index in [1.165, 1.54) is 6.07 Å². The molecule has 0 radical (unpaired) electrons. The highest BCUT2D eigenvalue weighted by Gasteiger charge is 2.37. The number of aryl methyl sites for hydroxylation is 1. The van der Waals surface area contributed by atoms with Crippen molar-refractivity contribution >= 4 is 27.4 Å². The van der Waals surface area contributed by atoms with E-state index in [1.807, 2.05) is 19.1 Å². The monoisotopic (exact) mass is 540 g/mol. The molecule has 1 aliphatic heterocycles. The molecule has 10 heteroatoms. The van der Waals surface area contributed by atoms with Crippen molar-refractivity contribution in [3.8, 4) is 0 Å². The van der Waals surface area contributed by atoms with Crippen LogP contribution in [0.5, 0.6) is 0 Å². The Kier molecular flexibility index (Phi) is 8.84. The third-order valence-corrected chi connectivity index (χ3v) is 8.21. The van der Waals surface area contributed by atoms with Gasteiger partial charge in [0.2, 0.25) is 0 Å². The van der Waals surface area contributed by atoms with Gasteiger partial charge in [0.15, 0.2) is 15.7 Å². The van der Waals surface area contributed by atoms with Crippen LogP contribution in [0.1, 0.15) is 85.3 Å². The number of hydrogen-bond donors (Lipinski definition) is 1. The summed E-state index contributed by atoms with van der Waals surface area (Å²) in [4.78, 5) is 19.1. The fraction of sp³-hybridized carbons (Fsp3) is 0.517. The molecule has 1 aliphatic carbocycles. The van der Waals surface area contributed by atoms with Crippen LogP contribution in [0.2, 0.25) is 0 Å². The van der Waals surface area contributed by atoms with Gasteiger partial charge in [-0.2, -0.15) is 13.2 Å². The van der Waals surface area contributed by atoms with Gasteiger partial charge < -0.3 is 9.94 Å². The smallest absolute Gasteiger partial charge is 0.416 e. The second-order valence-corrected chi connectivity index (χ2v) is 11.5. The second kappa shape index (κ2) is 11.8. The van der Waals surface area contributed by atoms with Crippen molar-refractivity contribution in [2.45, 2.75) is 76.4 Å². The Morgan fingerprint density at radius 3 is 2.38 bits per heavy atom. The van der Waals surface area contributed by atoms with Crippen molar-refractivity contribution in [2.24, 2.45) is 11.1 Å². The lowest BCUT2D eigenvalue weighted by Gasteiger charge is -2.37. The number of likely N-dealkylation sites (tertiary alicyclic amines) is 1. The number of carboxylic acid groups (broad SMARTS) is 1. The molecule has 2 aromatic rings. The Morgan fingerprint density at radius 2 is 1.77 bits per heavy atom. The van der Waals surface area contributed by atoms with Gasteiger partial charge in [-0.3, -0.25) is 9.69 Å². The van der Waals surface area contributed by atoms with E-state index < -0.39 is 23.1 Å². The van der Waals surface area contributed by atoms with Crippen LogP contribution in [0.3, 0.4) is 0 Å². The highest BCUT2D eigenvalue weighted by atomic mass is 19.4. The van der Waals surface area contributed by atoms with E-state index in [1.54, 1.807) is 27.8 Å². The molecule has 4 rings (SSSR count). The van der Waals surface area contributed by atoms with Gasteiger partial charge in [0.1, 0.15) is 0 Å². The minimum absolute atomic E-state index is 0.0517. The molecule has 0 aromatic heterocycles. The summed E-state index contributed by atoms with van der Waals surface area (Å²) in [5.74, 6) is -1.09. The number of carboxylic acids is 1. The maximum Gasteiger partial charge on any atom is 0.416 e. The van der Waals surface area contributed by atoms with E-state index in [0.29, 0.717) is 36.5 Å². The van der Waals surface area contributed by atoms with E-state index in [2.05, 4.69) is 23.0 Å². The number of carbonyl (C=O) groups is 1. The molecular formula is C29H37B2F3N2O3. The number of benzene rings is 2. The first kappa shape index (κ1) is 29.2. The summed E-state index contributed by atoms with van der Waals surface area (Å²) in [7, 11) is 3.47. The van der Waals surface area contributed by atoms with Crippen LogP contribution in [-0.4, -0.2) is 50.5 Å². The minimum atomic E-state index is -4.43. The first-order valence-electron chi connectivity index (χ1n) is 13.9. The van der Waals surface area contributed by atoms with Crippen LogP contribution < -0.4 is 0 Å². The van der Waals surface area contributed by atoms with Gasteiger partial charge in [0.05, 0.1) is 22.6 Å². The van der Waals surface area contributed by atoms with Gasteiger partial charge in [0, 0.05) is 19.6 Å². The summed E-state index contributed by atoms with van der Waals surface area (Å²) in [5.41, 5.74) is 4.07. The van der Waals surface area contributed by atoms with Crippen LogP contribution in [0.15, 0.2) is 41.6 Å². The summed E-state index contributed by atoms with van der Waals surface area (Å²) >= 11 is 0. The quantitative estimate of drug-likeness (QED) is 0.286. The maximum atomic E-state index is 14.1. The van der Waals surface area contributed by atoms with Crippen LogP contribution in [-0.2, 0) is 34.2 Å². The molecule has 0 atom stereocenters. The van der Waals surface area contributed by atoms with Gasteiger partial charge in [-0.25, -0.2) is 0 Å². The standard InChI is InChI=1S/C29H37B2F3N2O3/c1-3-19-13-21(9-10-22(19)15-36-16-23(17-36)27(37)38)18(2)35-39-28(30,31)24-11-12-25(20-7-5-4-6-8-20)26(14-24)29(32,33)34/h9-14,20,23H,3-8,15-17,30-31H2,1-2H3,(H,37,38)/b35-18+. The summed E-state index contributed by atoms with van der Waals surface area (Å²) in [6.45, 7) is 5.71. The fourth-order valence-electron chi connectivity index (χ4n) is 5.66. The first-order chi connectivity index (χ1) is 18.4. The molecule has 1 saturated carbocycles. The normalized spacial score (nSPS) is 18.1. The first-order valence-corrected chi connectivity index (χ1v) is 13.9. The zero-order valence-corrected chi connectivity index (χ0v) is 23.3. The fourth-order valence-corrected chi connectivity index (χ4v) is 5.66. The molecule has 39 heavy (non-hydrogen) atoms. The topological polar surface area (TPSA) is 62.1 Å². The van der Waals surface area contributed by atoms with Crippen molar-refractivity contribution in [3.63, 3.8) is 0 Å². The lowest BCUT2D eigenvalue weighted by atomic mass is 9.61. The van der Waals surface area contributed by atoms with E-state index in [4.69, 9.17) is 9.94 Å². The zero-order chi connectivity index (χ0) is 28.4. The number of rotatable bonds is 9. The summed E-state index contributed by atoms with van der Waals surface area (Å²) in [6.07, 6.45) is 0.999. The van der Waals surface area contributed by atoms with Gasteiger partial charge in [-0.1, -0.05) is 55.6 Å². The number of alkyl halides is 3. The number of nitrogens with zero attached hydrogens (tertiary/aromatic N) is 2. The minimum Gasteiger partial charge on any atom is -0.481 e. The van der Waals surface area contributed by atoms with Crippen molar-refractivity contribution in [1.29, 1.82) is 0 Å². The van der Waals surface area contributed by atoms with Gasteiger partial charge in [0.25, 0.3) is 0 Å². The lowest BCUT2D eigenvalue weighted by molar-refractivity contribution is -0.147. The van der Waals surface area contributed by atoms with E-state index in [-0.39, 0.29) is 11.8 Å². The van der Waals surface area contributed by atoms with Crippen LogP contribution in [0, 0.1) is 5.92 Å². The van der Waals surface area contributed by atoms with Gasteiger partial charge >= 0.3 is 12.1 Å². The van der Waals surface area contributed by atoms with Crippen molar-refractivity contribution in [1.82, 2.24) is 4.90 Å². The average molecular weight is 540 g/mol. The maximum absolute atomic E-state index is 14.1. The third-order valence-electron chi connectivity index (χ3n) is 8.21. The number of aliphatic carboxylic acids is 1. The van der Waals surface area contributed by atoms with Crippen LogP contribution in [0.4, 0.5) is 13.2 Å². The summed E-state index contributed by atoms with van der Waals surface area (Å²) < 4.78 is 42.2. The molecule has 0 unspecified atom stereocenters. The van der Waals surface area contributed by atoms with Crippen molar-refractivity contribution in [2.75, 3.05) is 13.1 Å². The molecule has 1 N–H and O–H groups in total.